The average molecular weight is 358 g/mol. The maximum atomic E-state index is 12.4. The zero-order valence-corrected chi connectivity index (χ0v) is 14.3. The van der Waals surface area contributed by atoms with E-state index in [9.17, 15) is 4.79 Å². The molecule has 3 aromatic rings. The SMILES string of the molecule is CCc1nc(-c2nc3c([nH]2)C[C@H](c2ccc(Cl)cc2)CNC3=O)no1. The molecule has 25 heavy (non-hydrogen) atoms. The Kier molecular flexibility index (Phi) is 4.01. The highest BCUT2D eigenvalue weighted by atomic mass is 35.5. The summed E-state index contributed by atoms with van der Waals surface area (Å²) in [5.41, 5.74) is 2.27. The van der Waals surface area contributed by atoms with Gasteiger partial charge in [0.05, 0.1) is 0 Å². The van der Waals surface area contributed by atoms with E-state index >= 15 is 0 Å². The van der Waals surface area contributed by atoms with Crippen molar-refractivity contribution in [2.75, 3.05) is 6.54 Å². The first-order chi connectivity index (χ1) is 12.1. The van der Waals surface area contributed by atoms with Crippen LogP contribution in [0.3, 0.4) is 0 Å². The maximum Gasteiger partial charge on any atom is 0.271 e. The largest absolute Gasteiger partial charge is 0.350 e. The molecule has 0 spiro atoms. The number of rotatable bonds is 3. The van der Waals surface area contributed by atoms with Gasteiger partial charge in [-0.1, -0.05) is 35.8 Å². The molecule has 1 atom stereocenters. The molecule has 0 saturated heterocycles. The van der Waals surface area contributed by atoms with Crippen molar-refractivity contribution in [2.24, 2.45) is 0 Å². The number of hydrogen-bond acceptors (Lipinski definition) is 5. The van der Waals surface area contributed by atoms with Gasteiger partial charge in [-0.3, -0.25) is 4.79 Å². The molecule has 0 unspecified atom stereocenters. The normalized spacial score (nSPS) is 17.0. The summed E-state index contributed by atoms with van der Waals surface area (Å²) in [5.74, 6) is 1.27. The second kappa shape index (κ2) is 6.33. The Labute approximate surface area is 148 Å². The summed E-state index contributed by atoms with van der Waals surface area (Å²) in [4.78, 5) is 24.2. The van der Waals surface area contributed by atoms with E-state index in [1.54, 1.807) is 0 Å². The number of imidazole rings is 1. The van der Waals surface area contributed by atoms with Gasteiger partial charge >= 0.3 is 0 Å². The lowest BCUT2D eigenvalue weighted by atomic mass is 9.94. The molecule has 3 heterocycles. The Hall–Kier alpha value is -2.67. The topological polar surface area (TPSA) is 96.7 Å². The van der Waals surface area contributed by atoms with Gasteiger partial charge in [-0.2, -0.15) is 4.98 Å². The molecule has 2 aromatic heterocycles. The molecule has 0 aliphatic carbocycles. The van der Waals surface area contributed by atoms with Gasteiger partial charge in [0.15, 0.2) is 5.82 Å². The number of fused-ring (bicyclic) bond motifs is 1. The molecule has 1 aromatic carbocycles. The van der Waals surface area contributed by atoms with Gasteiger partial charge in [0.1, 0.15) is 5.69 Å². The number of aryl methyl sites for hydroxylation is 1. The number of benzene rings is 1. The summed E-state index contributed by atoms with van der Waals surface area (Å²) < 4.78 is 5.12. The van der Waals surface area contributed by atoms with Crippen molar-refractivity contribution in [3.63, 3.8) is 0 Å². The molecule has 1 aliphatic heterocycles. The van der Waals surface area contributed by atoms with Gasteiger partial charge < -0.3 is 14.8 Å². The third kappa shape index (κ3) is 3.02. The Morgan fingerprint density at radius 2 is 2.08 bits per heavy atom. The minimum Gasteiger partial charge on any atom is -0.350 e. The van der Waals surface area contributed by atoms with Gasteiger partial charge in [0, 0.05) is 29.6 Å². The standard InChI is InChI=1S/C17H16ClN5O2/c1-2-13-21-16(23-25-13)15-20-12-7-10(8-19-17(24)14(12)22-15)9-3-5-11(18)6-4-9/h3-6,10H,2,7-8H2,1H3,(H,19,24)(H,20,22)/t10-/m0/s1. The van der Waals surface area contributed by atoms with Crippen molar-refractivity contribution in [3.05, 3.63) is 52.1 Å². The molecule has 1 amide bonds. The van der Waals surface area contributed by atoms with Crippen LogP contribution in [0, 0.1) is 0 Å². The second-order valence-corrected chi connectivity index (χ2v) is 6.38. The fourth-order valence-electron chi connectivity index (χ4n) is 2.93. The van der Waals surface area contributed by atoms with Crippen molar-refractivity contribution in [2.45, 2.75) is 25.7 Å². The van der Waals surface area contributed by atoms with Crippen LogP contribution in [-0.2, 0) is 12.8 Å². The fourth-order valence-corrected chi connectivity index (χ4v) is 3.06. The highest BCUT2D eigenvalue weighted by molar-refractivity contribution is 6.30. The number of aromatic nitrogens is 4. The van der Waals surface area contributed by atoms with Gasteiger partial charge in [0.2, 0.25) is 11.7 Å². The van der Waals surface area contributed by atoms with Crippen molar-refractivity contribution < 1.29 is 9.32 Å². The predicted octanol–water partition coefficient (Wildman–Crippen LogP) is 2.75. The van der Waals surface area contributed by atoms with E-state index < -0.39 is 0 Å². The predicted molar refractivity (Wildman–Crippen MR) is 91.5 cm³/mol. The summed E-state index contributed by atoms with van der Waals surface area (Å²) in [6.45, 7) is 2.47. The van der Waals surface area contributed by atoms with Crippen LogP contribution in [0.15, 0.2) is 28.8 Å². The van der Waals surface area contributed by atoms with E-state index in [1.165, 1.54) is 0 Å². The minimum atomic E-state index is -0.201. The van der Waals surface area contributed by atoms with Crippen molar-refractivity contribution >= 4 is 17.5 Å². The summed E-state index contributed by atoms with van der Waals surface area (Å²) in [6.07, 6.45) is 1.30. The van der Waals surface area contributed by atoms with Crippen LogP contribution in [0.2, 0.25) is 5.02 Å². The van der Waals surface area contributed by atoms with Crippen LogP contribution in [0.4, 0.5) is 0 Å². The minimum absolute atomic E-state index is 0.132. The van der Waals surface area contributed by atoms with E-state index in [2.05, 4.69) is 25.4 Å². The summed E-state index contributed by atoms with van der Waals surface area (Å²) in [6, 6.07) is 7.67. The number of carbonyl (C=O) groups excluding carboxylic acids is 1. The zero-order valence-electron chi connectivity index (χ0n) is 13.5. The average Bonchev–Trinajstić information content (AvgIpc) is 3.23. The van der Waals surface area contributed by atoms with Crippen LogP contribution in [-0.4, -0.2) is 32.6 Å². The molecule has 0 bridgehead atoms. The van der Waals surface area contributed by atoms with E-state index in [-0.39, 0.29) is 11.8 Å². The van der Waals surface area contributed by atoms with E-state index in [1.807, 2.05) is 31.2 Å². The Balaban J connectivity index is 1.67. The molecule has 2 N–H and O–H groups in total. The third-order valence-corrected chi connectivity index (χ3v) is 4.53. The molecule has 7 nitrogen and oxygen atoms in total. The molecule has 0 saturated carbocycles. The number of hydrogen-bond donors (Lipinski definition) is 2. The highest BCUT2D eigenvalue weighted by Gasteiger charge is 2.27. The van der Waals surface area contributed by atoms with Crippen LogP contribution in [0.25, 0.3) is 11.6 Å². The summed E-state index contributed by atoms with van der Waals surface area (Å²) in [7, 11) is 0. The lowest BCUT2D eigenvalue weighted by molar-refractivity contribution is 0.0950. The summed E-state index contributed by atoms with van der Waals surface area (Å²) in [5, 5.41) is 7.53. The fraction of sp³-hybridized carbons (Fsp3) is 0.294. The van der Waals surface area contributed by atoms with Gasteiger partial charge in [-0.05, 0) is 24.1 Å². The third-order valence-electron chi connectivity index (χ3n) is 4.28. The van der Waals surface area contributed by atoms with E-state index in [0.717, 1.165) is 11.3 Å². The molecule has 0 radical (unpaired) electrons. The zero-order chi connectivity index (χ0) is 17.4. The molecular weight excluding hydrogens is 342 g/mol. The number of nitrogens with zero attached hydrogens (tertiary/aromatic N) is 3. The number of aromatic amines is 1. The first kappa shape index (κ1) is 15.8. The van der Waals surface area contributed by atoms with Crippen LogP contribution in [0.5, 0.6) is 0 Å². The van der Waals surface area contributed by atoms with Gasteiger partial charge in [-0.15, -0.1) is 0 Å². The van der Waals surface area contributed by atoms with Crippen LogP contribution in [0.1, 0.15) is 40.5 Å². The summed E-state index contributed by atoms with van der Waals surface area (Å²) >= 11 is 5.96. The number of H-pyrrole nitrogens is 1. The maximum absolute atomic E-state index is 12.4. The number of halogens is 1. The quantitative estimate of drug-likeness (QED) is 0.751. The van der Waals surface area contributed by atoms with Crippen LogP contribution >= 0.6 is 11.6 Å². The number of nitrogens with one attached hydrogen (secondary N) is 2. The van der Waals surface area contributed by atoms with Crippen molar-refractivity contribution in [1.82, 2.24) is 25.4 Å². The van der Waals surface area contributed by atoms with Crippen molar-refractivity contribution in [3.8, 4) is 11.6 Å². The lowest BCUT2D eigenvalue weighted by Crippen LogP contribution is -2.26. The smallest absolute Gasteiger partial charge is 0.271 e. The molecule has 8 heteroatoms. The number of amides is 1. The molecule has 0 fully saturated rings. The first-order valence-corrected chi connectivity index (χ1v) is 8.47. The highest BCUT2D eigenvalue weighted by Crippen LogP contribution is 2.27. The molecule has 1 aliphatic rings. The number of carbonyl (C=O) groups is 1. The van der Waals surface area contributed by atoms with Crippen molar-refractivity contribution in [1.29, 1.82) is 0 Å². The molecular formula is C17H16ClN5O2. The first-order valence-electron chi connectivity index (χ1n) is 8.09. The Bertz CT molecular complexity index is 916. The Morgan fingerprint density at radius 3 is 2.80 bits per heavy atom. The molecule has 128 valence electrons. The Morgan fingerprint density at radius 1 is 1.28 bits per heavy atom. The monoisotopic (exact) mass is 357 g/mol. The second-order valence-electron chi connectivity index (χ2n) is 5.94. The lowest BCUT2D eigenvalue weighted by Gasteiger charge is -2.14. The van der Waals surface area contributed by atoms with Gasteiger partial charge in [-0.25, -0.2) is 4.98 Å². The molecule has 4 rings (SSSR count). The van der Waals surface area contributed by atoms with Gasteiger partial charge in [0.25, 0.3) is 5.91 Å². The van der Waals surface area contributed by atoms with E-state index in [4.69, 9.17) is 16.1 Å². The van der Waals surface area contributed by atoms with Crippen LogP contribution < -0.4 is 5.32 Å². The van der Waals surface area contributed by atoms with E-state index in [0.29, 0.717) is 47.6 Å².